The summed E-state index contributed by atoms with van der Waals surface area (Å²) in [5.74, 6) is 1.02. The molecule has 0 N–H and O–H groups in total. The Morgan fingerprint density at radius 3 is 2.70 bits per heavy atom. The number of ketones is 1. The van der Waals surface area contributed by atoms with Gasteiger partial charge < -0.3 is 8.98 Å². The molecule has 0 saturated carbocycles. The van der Waals surface area contributed by atoms with Gasteiger partial charge in [-0.05, 0) is 32.0 Å². The summed E-state index contributed by atoms with van der Waals surface area (Å²) < 4.78 is 9.51. The highest BCUT2D eigenvalue weighted by Gasteiger charge is 2.20. The number of hydrogen-bond donors (Lipinski definition) is 0. The third-order valence-corrected chi connectivity index (χ3v) is 4.25. The van der Waals surface area contributed by atoms with Crippen LogP contribution in [0.25, 0.3) is 0 Å². The standard InChI is InChI=1S/C19H21N2O2/c1-14-7-4-5-9-20(14)13-19(22)18-11-15(2)21(16(18)3)12-17-8-6-10-23-17/h4-11H,12-13H2,1-3H3/q+1. The fraction of sp³-hybridized carbons (Fsp3) is 0.263. The van der Waals surface area contributed by atoms with Crippen molar-refractivity contribution in [2.45, 2.75) is 33.9 Å². The second-order valence-electron chi connectivity index (χ2n) is 5.84. The molecule has 3 heterocycles. The Bertz CT molecular complexity index is 829. The molecule has 0 aromatic carbocycles. The summed E-state index contributed by atoms with van der Waals surface area (Å²) in [6.07, 6.45) is 3.61. The minimum atomic E-state index is 0.128. The van der Waals surface area contributed by atoms with Gasteiger partial charge in [0, 0.05) is 36.0 Å². The van der Waals surface area contributed by atoms with Crippen molar-refractivity contribution in [3.63, 3.8) is 0 Å². The summed E-state index contributed by atoms with van der Waals surface area (Å²) in [5.41, 5.74) is 3.91. The molecule has 3 aromatic rings. The van der Waals surface area contributed by atoms with Crippen LogP contribution >= 0.6 is 0 Å². The van der Waals surface area contributed by atoms with Crippen LogP contribution in [0.5, 0.6) is 0 Å². The lowest BCUT2D eigenvalue weighted by Crippen LogP contribution is -2.40. The van der Waals surface area contributed by atoms with Crippen LogP contribution in [-0.4, -0.2) is 10.4 Å². The second-order valence-corrected chi connectivity index (χ2v) is 5.84. The molecular weight excluding hydrogens is 288 g/mol. The zero-order chi connectivity index (χ0) is 16.4. The number of rotatable bonds is 5. The van der Waals surface area contributed by atoms with Crippen LogP contribution in [0.3, 0.4) is 0 Å². The second kappa shape index (κ2) is 6.24. The lowest BCUT2D eigenvalue weighted by Gasteiger charge is -2.07. The average molecular weight is 309 g/mol. The van der Waals surface area contributed by atoms with Gasteiger partial charge in [0.1, 0.15) is 5.76 Å². The molecule has 0 unspecified atom stereocenters. The molecule has 0 aliphatic carbocycles. The predicted octanol–water partition coefficient (Wildman–Crippen LogP) is 3.23. The Hall–Kier alpha value is -2.62. The maximum Gasteiger partial charge on any atom is 0.229 e. The van der Waals surface area contributed by atoms with Crippen LogP contribution in [0.4, 0.5) is 0 Å². The summed E-state index contributed by atoms with van der Waals surface area (Å²) in [5, 5.41) is 0. The Morgan fingerprint density at radius 1 is 1.17 bits per heavy atom. The van der Waals surface area contributed by atoms with Gasteiger partial charge in [-0.3, -0.25) is 4.79 Å². The van der Waals surface area contributed by atoms with E-state index in [0.29, 0.717) is 13.1 Å². The van der Waals surface area contributed by atoms with E-state index in [0.717, 1.165) is 28.4 Å². The van der Waals surface area contributed by atoms with Gasteiger partial charge in [0.15, 0.2) is 11.9 Å². The first-order valence-electron chi connectivity index (χ1n) is 7.73. The molecule has 4 nitrogen and oxygen atoms in total. The molecule has 4 heteroatoms. The van der Waals surface area contributed by atoms with Crippen molar-refractivity contribution in [1.29, 1.82) is 0 Å². The number of carbonyl (C=O) groups is 1. The molecule has 3 rings (SSSR count). The fourth-order valence-corrected chi connectivity index (χ4v) is 2.86. The number of Topliss-reactive ketones (excluding diaryl/α,β-unsaturated/α-hetero) is 1. The van der Waals surface area contributed by atoms with Crippen molar-refractivity contribution in [3.05, 3.63) is 77.3 Å². The number of furan rings is 1. The molecule has 23 heavy (non-hydrogen) atoms. The van der Waals surface area contributed by atoms with E-state index in [1.54, 1.807) is 6.26 Å². The molecule has 0 bridgehead atoms. The van der Waals surface area contributed by atoms with E-state index in [2.05, 4.69) is 4.57 Å². The molecule has 118 valence electrons. The Morgan fingerprint density at radius 2 is 2.00 bits per heavy atom. The zero-order valence-corrected chi connectivity index (χ0v) is 13.7. The number of aromatic nitrogens is 2. The summed E-state index contributed by atoms with van der Waals surface area (Å²) in [4.78, 5) is 12.7. The molecule has 0 atom stereocenters. The highest BCUT2D eigenvalue weighted by Crippen LogP contribution is 2.18. The monoisotopic (exact) mass is 309 g/mol. The fourth-order valence-electron chi connectivity index (χ4n) is 2.86. The van der Waals surface area contributed by atoms with Gasteiger partial charge in [0.2, 0.25) is 12.3 Å². The largest absolute Gasteiger partial charge is 0.467 e. The maximum absolute atomic E-state index is 12.7. The molecular formula is C19H21N2O2+. The van der Waals surface area contributed by atoms with Crippen LogP contribution < -0.4 is 4.57 Å². The molecule has 0 aliphatic rings. The van der Waals surface area contributed by atoms with E-state index in [1.807, 2.05) is 67.9 Å². The molecule has 0 spiro atoms. The normalized spacial score (nSPS) is 10.9. The minimum Gasteiger partial charge on any atom is -0.467 e. The lowest BCUT2D eigenvalue weighted by atomic mass is 10.1. The van der Waals surface area contributed by atoms with E-state index in [9.17, 15) is 4.79 Å². The van der Waals surface area contributed by atoms with Gasteiger partial charge >= 0.3 is 0 Å². The average Bonchev–Trinajstić information content (AvgIpc) is 3.13. The Kier molecular flexibility index (Phi) is 4.15. The van der Waals surface area contributed by atoms with Gasteiger partial charge in [-0.1, -0.05) is 6.07 Å². The van der Waals surface area contributed by atoms with Crippen LogP contribution in [-0.2, 0) is 13.1 Å². The third-order valence-electron chi connectivity index (χ3n) is 4.25. The van der Waals surface area contributed by atoms with Gasteiger partial charge in [-0.25, -0.2) is 0 Å². The number of nitrogens with zero attached hydrogens (tertiary/aromatic N) is 2. The molecule has 0 fully saturated rings. The topological polar surface area (TPSA) is 39.0 Å². The highest BCUT2D eigenvalue weighted by atomic mass is 16.3. The Balaban J connectivity index is 1.86. The summed E-state index contributed by atoms with van der Waals surface area (Å²) in [7, 11) is 0. The predicted molar refractivity (Wildman–Crippen MR) is 87.4 cm³/mol. The summed E-state index contributed by atoms with van der Waals surface area (Å²) in [6, 6.07) is 11.7. The first-order chi connectivity index (χ1) is 11.1. The smallest absolute Gasteiger partial charge is 0.229 e. The van der Waals surface area contributed by atoms with Crippen molar-refractivity contribution in [3.8, 4) is 0 Å². The number of carbonyl (C=O) groups excluding carboxylic acids is 1. The maximum atomic E-state index is 12.7. The van der Waals surface area contributed by atoms with Crippen molar-refractivity contribution in [1.82, 2.24) is 4.57 Å². The number of aryl methyl sites for hydroxylation is 2. The van der Waals surface area contributed by atoms with E-state index in [1.165, 1.54) is 0 Å². The lowest BCUT2D eigenvalue weighted by molar-refractivity contribution is -0.689. The van der Waals surface area contributed by atoms with E-state index >= 15 is 0 Å². The number of pyridine rings is 1. The van der Waals surface area contributed by atoms with Crippen LogP contribution in [0.1, 0.15) is 33.2 Å². The third kappa shape index (κ3) is 3.11. The van der Waals surface area contributed by atoms with Crippen LogP contribution in [0, 0.1) is 20.8 Å². The van der Waals surface area contributed by atoms with Gasteiger partial charge in [0.05, 0.1) is 12.8 Å². The summed E-state index contributed by atoms with van der Waals surface area (Å²) in [6.45, 7) is 7.03. The van der Waals surface area contributed by atoms with Crippen molar-refractivity contribution >= 4 is 5.78 Å². The highest BCUT2D eigenvalue weighted by molar-refractivity contribution is 5.96. The minimum absolute atomic E-state index is 0.128. The van der Waals surface area contributed by atoms with Crippen molar-refractivity contribution in [2.75, 3.05) is 0 Å². The summed E-state index contributed by atoms with van der Waals surface area (Å²) >= 11 is 0. The van der Waals surface area contributed by atoms with Gasteiger partial charge in [-0.2, -0.15) is 4.57 Å². The van der Waals surface area contributed by atoms with Crippen molar-refractivity contribution < 1.29 is 13.8 Å². The van der Waals surface area contributed by atoms with Gasteiger partial charge in [-0.15, -0.1) is 0 Å². The van der Waals surface area contributed by atoms with Crippen LogP contribution in [0.15, 0.2) is 53.3 Å². The first-order valence-corrected chi connectivity index (χ1v) is 7.73. The quantitative estimate of drug-likeness (QED) is 0.536. The molecule has 0 saturated heterocycles. The molecule has 3 aromatic heterocycles. The molecule has 0 radical (unpaired) electrons. The molecule has 0 aliphatic heterocycles. The zero-order valence-electron chi connectivity index (χ0n) is 13.7. The van der Waals surface area contributed by atoms with E-state index in [-0.39, 0.29) is 5.78 Å². The number of hydrogen-bond acceptors (Lipinski definition) is 2. The first kappa shape index (κ1) is 15.3. The van der Waals surface area contributed by atoms with E-state index in [4.69, 9.17) is 4.42 Å². The van der Waals surface area contributed by atoms with Crippen molar-refractivity contribution in [2.24, 2.45) is 0 Å². The van der Waals surface area contributed by atoms with Crippen LogP contribution in [0.2, 0.25) is 0 Å². The van der Waals surface area contributed by atoms with E-state index < -0.39 is 0 Å². The molecule has 0 amide bonds. The Labute approximate surface area is 136 Å². The SMILES string of the molecule is Cc1cc(C(=O)C[n+]2ccccc2C)c(C)n1Cc1ccco1. The van der Waals surface area contributed by atoms with Gasteiger partial charge in [0.25, 0.3) is 0 Å².